The van der Waals surface area contributed by atoms with Crippen LogP contribution in [0.5, 0.6) is 5.75 Å². The van der Waals surface area contributed by atoms with Crippen LogP contribution >= 0.6 is 0 Å². The van der Waals surface area contributed by atoms with E-state index in [-0.39, 0.29) is 28.4 Å². The van der Waals surface area contributed by atoms with Gasteiger partial charge in [-0.25, -0.2) is 0 Å². The van der Waals surface area contributed by atoms with Crippen molar-refractivity contribution in [2.45, 2.75) is 25.6 Å². The molecule has 0 spiro atoms. The highest BCUT2D eigenvalue weighted by Crippen LogP contribution is 2.41. The van der Waals surface area contributed by atoms with Crippen LogP contribution in [0.25, 0.3) is 5.70 Å². The van der Waals surface area contributed by atoms with Crippen LogP contribution in [0.4, 0.5) is 18.9 Å². The van der Waals surface area contributed by atoms with Crippen molar-refractivity contribution >= 4 is 17.3 Å². The normalized spacial score (nSPS) is 15.3. The summed E-state index contributed by atoms with van der Waals surface area (Å²) in [7, 11) is 0. The number of benzene rings is 1. The van der Waals surface area contributed by atoms with E-state index in [0.717, 1.165) is 16.7 Å². The number of pyridine rings is 1. The van der Waals surface area contributed by atoms with Crippen LogP contribution in [0.1, 0.15) is 19.4 Å². The molecule has 0 atom stereocenters. The molecule has 1 aromatic carbocycles. The molecule has 1 amide bonds. The standard InChI is InChI=1S/C18H14F3N3O5/c1-17(2)15(22-16(26)18(19,20)21)14(23-8-4-3-5-13(23)25)11-9-10(24(27)28)6-7-12(11)29-17/h3-9H,1-2H3,(H,22,26). The third kappa shape index (κ3) is 3.71. The fraction of sp³-hybridized carbons (Fsp3) is 0.222. The maximum Gasteiger partial charge on any atom is 0.471 e. The molecule has 1 aliphatic rings. The third-order valence-corrected chi connectivity index (χ3v) is 4.19. The molecule has 29 heavy (non-hydrogen) atoms. The Hall–Kier alpha value is -3.63. The minimum Gasteiger partial charge on any atom is -0.481 e. The number of ether oxygens (including phenoxy) is 1. The largest absolute Gasteiger partial charge is 0.481 e. The first kappa shape index (κ1) is 20.1. The Morgan fingerprint density at radius 3 is 2.52 bits per heavy atom. The number of carbonyl (C=O) groups is 1. The van der Waals surface area contributed by atoms with Crippen LogP contribution in [0, 0.1) is 10.1 Å². The molecule has 0 unspecified atom stereocenters. The molecule has 1 aliphatic heterocycles. The van der Waals surface area contributed by atoms with Crippen molar-refractivity contribution in [2.75, 3.05) is 0 Å². The Balaban J connectivity index is 2.37. The summed E-state index contributed by atoms with van der Waals surface area (Å²) in [5, 5.41) is 13.0. The smallest absolute Gasteiger partial charge is 0.471 e. The monoisotopic (exact) mass is 409 g/mol. The number of nitro benzene ring substituents is 1. The molecule has 3 rings (SSSR count). The molecule has 1 N–H and O–H groups in total. The van der Waals surface area contributed by atoms with Crippen molar-refractivity contribution in [3.05, 3.63) is 74.3 Å². The van der Waals surface area contributed by atoms with Crippen molar-refractivity contribution in [2.24, 2.45) is 0 Å². The molecule has 2 heterocycles. The zero-order valence-electron chi connectivity index (χ0n) is 15.1. The van der Waals surface area contributed by atoms with Gasteiger partial charge in [-0.15, -0.1) is 0 Å². The zero-order valence-corrected chi connectivity index (χ0v) is 15.1. The minimum absolute atomic E-state index is 0.00991. The Morgan fingerprint density at radius 1 is 1.24 bits per heavy atom. The van der Waals surface area contributed by atoms with Gasteiger partial charge < -0.3 is 10.1 Å². The lowest BCUT2D eigenvalue weighted by Gasteiger charge is -2.37. The van der Waals surface area contributed by atoms with Gasteiger partial charge in [0.15, 0.2) is 0 Å². The second-order valence-corrected chi connectivity index (χ2v) is 6.63. The molecule has 152 valence electrons. The van der Waals surface area contributed by atoms with E-state index >= 15 is 0 Å². The van der Waals surface area contributed by atoms with Crippen molar-refractivity contribution in [3.63, 3.8) is 0 Å². The SMILES string of the molecule is CC1(C)Oc2ccc([N+](=O)[O-])cc2C(n2ccccc2=O)=C1NC(=O)C(F)(F)F. The number of non-ortho nitro benzene ring substituents is 1. The number of rotatable bonds is 3. The van der Waals surface area contributed by atoms with Crippen LogP contribution in [0.2, 0.25) is 0 Å². The van der Waals surface area contributed by atoms with E-state index in [1.165, 1.54) is 44.3 Å². The van der Waals surface area contributed by atoms with Gasteiger partial charge in [0.25, 0.3) is 11.2 Å². The summed E-state index contributed by atoms with van der Waals surface area (Å²) in [6.07, 6.45) is -3.92. The Morgan fingerprint density at radius 2 is 1.93 bits per heavy atom. The molecular weight excluding hydrogens is 395 g/mol. The highest BCUT2D eigenvalue weighted by Gasteiger charge is 2.44. The van der Waals surface area contributed by atoms with E-state index < -0.39 is 28.2 Å². The number of nitrogens with zero attached hydrogens (tertiary/aromatic N) is 2. The number of aromatic nitrogens is 1. The van der Waals surface area contributed by atoms with Crippen LogP contribution in [-0.4, -0.2) is 27.2 Å². The average molecular weight is 409 g/mol. The molecule has 1 aromatic heterocycles. The molecule has 0 saturated carbocycles. The Bertz CT molecular complexity index is 1100. The van der Waals surface area contributed by atoms with Crippen molar-refractivity contribution in [1.29, 1.82) is 0 Å². The van der Waals surface area contributed by atoms with E-state index in [0.29, 0.717) is 0 Å². The third-order valence-electron chi connectivity index (χ3n) is 4.19. The number of fused-ring (bicyclic) bond motifs is 1. The fourth-order valence-corrected chi connectivity index (χ4v) is 2.91. The van der Waals surface area contributed by atoms with Crippen molar-refractivity contribution < 1.29 is 27.6 Å². The summed E-state index contributed by atoms with van der Waals surface area (Å²) >= 11 is 0. The number of amides is 1. The highest BCUT2D eigenvalue weighted by atomic mass is 19.4. The van der Waals surface area contributed by atoms with Gasteiger partial charge in [0.2, 0.25) is 0 Å². The first-order valence-corrected chi connectivity index (χ1v) is 8.20. The van der Waals surface area contributed by atoms with Gasteiger partial charge in [0, 0.05) is 30.0 Å². The quantitative estimate of drug-likeness (QED) is 0.620. The van der Waals surface area contributed by atoms with Gasteiger partial charge in [-0.1, -0.05) is 6.07 Å². The molecule has 2 aromatic rings. The zero-order chi connectivity index (χ0) is 21.6. The van der Waals surface area contributed by atoms with E-state index in [9.17, 15) is 32.9 Å². The lowest BCUT2D eigenvalue weighted by atomic mass is 9.94. The van der Waals surface area contributed by atoms with E-state index in [4.69, 9.17) is 4.74 Å². The maximum atomic E-state index is 12.9. The van der Waals surface area contributed by atoms with Crippen LogP contribution in [0.15, 0.2) is 53.1 Å². The predicted molar refractivity (Wildman–Crippen MR) is 95.0 cm³/mol. The number of hydrogen-bond acceptors (Lipinski definition) is 5. The molecule has 8 nitrogen and oxygen atoms in total. The van der Waals surface area contributed by atoms with E-state index in [1.54, 1.807) is 5.32 Å². The van der Waals surface area contributed by atoms with Gasteiger partial charge >= 0.3 is 12.1 Å². The van der Waals surface area contributed by atoms with Crippen molar-refractivity contribution in [3.8, 4) is 5.75 Å². The number of carbonyl (C=O) groups excluding carboxylic acids is 1. The number of nitro groups is 1. The summed E-state index contributed by atoms with van der Waals surface area (Å²) in [5.74, 6) is -2.16. The molecule has 11 heteroatoms. The van der Waals surface area contributed by atoms with Crippen LogP contribution < -0.4 is 15.6 Å². The first-order valence-electron chi connectivity index (χ1n) is 8.20. The molecule has 0 radical (unpaired) electrons. The second kappa shape index (κ2) is 6.76. The van der Waals surface area contributed by atoms with Gasteiger partial charge in [0.1, 0.15) is 11.4 Å². The van der Waals surface area contributed by atoms with E-state index in [2.05, 4.69) is 0 Å². The number of alkyl halides is 3. The average Bonchev–Trinajstić information content (AvgIpc) is 2.61. The van der Waals surface area contributed by atoms with Gasteiger partial charge in [-0.3, -0.25) is 24.3 Å². The number of hydrogen-bond donors (Lipinski definition) is 1. The van der Waals surface area contributed by atoms with Gasteiger partial charge in [0.05, 0.1) is 16.3 Å². The molecule has 0 saturated heterocycles. The summed E-state index contributed by atoms with van der Waals surface area (Å²) in [6, 6.07) is 7.56. The summed E-state index contributed by atoms with van der Waals surface area (Å²) in [4.78, 5) is 34.5. The maximum absolute atomic E-state index is 12.9. The van der Waals surface area contributed by atoms with Crippen LogP contribution in [0.3, 0.4) is 0 Å². The Kier molecular flexibility index (Phi) is 4.69. The summed E-state index contributed by atoms with van der Waals surface area (Å²) in [5.41, 5.74) is -2.99. The summed E-state index contributed by atoms with van der Waals surface area (Å²) < 4.78 is 45.4. The van der Waals surface area contributed by atoms with Gasteiger partial charge in [-0.05, 0) is 26.0 Å². The van der Waals surface area contributed by atoms with E-state index in [1.807, 2.05) is 0 Å². The molecule has 0 aliphatic carbocycles. The van der Waals surface area contributed by atoms with Gasteiger partial charge in [-0.2, -0.15) is 13.2 Å². The predicted octanol–water partition coefficient (Wildman–Crippen LogP) is 2.82. The molecule has 0 fully saturated rings. The highest BCUT2D eigenvalue weighted by molar-refractivity contribution is 5.87. The Labute approximate surface area is 161 Å². The fourth-order valence-electron chi connectivity index (χ4n) is 2.91. The molecular formula is C18H14F3N3O5. The van der Waals surface area contributed by atoms with Crippen LogP contribution in [-0.2, 0) is 4.79 Å². The molecule has 0 bridgehead atoms. The summed E-state index contributed by atoms with van der Waals surface area (Å²) in [6.45, 7) is 2.80. The first-order chi connectivity index (χ1) is 13.4. The number of nitrogens with one attached hydrogen (secondary N) is 1. The lowest BCUT2D eigenvalue weighted by Crippen LogP contribution is -2.48. The lowest BCUT2D eigenvalue weighted by molar-refractivity contribution is -0.384. The number of halogens is 3. The topological polar surface area (TPSA) is 103 Å². The van der Waals surface area contributed by atoms with Crippen molar-refractivity contribution in [1.82, 2.24) is 9.88 Å². The minimum atomic E-state index is -5.20. The second-order valence-electron chi connectivity index (χ2n) is 6.63.